The van der Waals surface area contributed by atoms with Crippen LogP contribution in [-0.2, 0) is 6.54 Å². The maximum Gasteiger partial charge on any atom is 0.109 e. The fourth-order valence-electron chi connectivity index (χ4n) is 1.33. The Kier molecular flexibility index (Phi) is 4.63. The molecule has 0 aromatic carbocycles. The summed E-state index contributed by atoms with van der Waals surface area (Å²) in [5, 5.41) is 23.2. The van der Waals surface area contributed by atoms with Gasteiger partial charge in [0.25, 0.3) is 0 Å². The van der Waals surface area contributed by atoms with Gasteiger partial charge in [-0.1, -0.05) is 13.8 Å². The van der Waals surface area contributed by atoms with Crippen molar-refractivity contribution in [1.82, 2.24) is 9.78 Å². The van der Waals surface area contributed by atoms with Crippen molar-refractivity contribution >= 4 is 12.6 Å². The van der Waals surface area contributed by atoms with E-state index in [-0.39, 0.29) is 5.75 Å². The zero-order valence-corrected chi connectivity index (χ0v) is 9.93. The lowest BCUT2D eigenvalue weighted by molar-refractivity contribution is 0.0337. The van der Waals surface area contributed by atoms with Gasteiger partial charge in [0, 0.05) is 24.1 Å². The van der Waals surface area contributed by atoms with E-state index in [4.69, 9.17) is 0 Å². The molecule has 0 fully saturated rings. The molecule has 0 aliphatic rings. The fourth-order valence-corrected chi connectivity index (χ4v) is 1.53. The Balaban J connectivity index is 2.66. The molecule has 1 aromatic heterocycles. The van der Waals surface area contributed by atoms with Gasteiger partial charge >= 0.3 is 0 Å². The van der Waals surface area contributed by atoms with Gasteiger partial charge in [-0.2, -0.15) is 17.7 Å². The van der Waals surface area contributed by atoms with E-state index in [9.17, 15) is 10.2 Å². The standard InChI is InChI=1S/C10H18N2O2S/c1-7(2)4-12-5-8(3-11-12)10(14)9(13)6-15/h3,5,7,9-10,13-15H,4,6H2,1-2H3. The van der Waals surface area contributed by atoms with Crippen molar-refractivity contribution in [3.05, 3.63) is 18.0 Å². The first kappa shape index (κ1) is 12.5. The molecule has 0 aliphatic heterocycles. The lowest BCUT2D eigenvalue weighted by atomic mass is 10.1. The molecule has 1 aromatic rings. The molecule has 0 spiro atoms. The van der Waals surface area contributed by atoms with E-state index in [0.29, 0.717) is 11.5 Å². The predicted octanol–water partition coefficient (Wildman–Crippen LogP) is 0.863. The number of nitrogens with zero attached hydrogens (tertiary/aromatic N) is 2. The Labute approximate surface area is 95.3 Å². The summed E-state index contributed by atoms with van der Waals surface area (Å²) in [6.07, 6.45) is 1.60. The lowest BCUT2D eigenvalue weighted by Crippen LogP contribution is -2.19. The fraction of sp³-hybridized carbons (Fsp3) is 0.700. The van der Waals surface area contributed by atoms with Crippen LogP contribution in [0.3, 0.4) is 0 Å². The summed E-state index contributed by atoms with van der Waals surface area (Å²) in [5.74, 6) is 0.737. The first-order valence-corrected chi connectivity index (χ1v) is 5.67. The van der Waals surface area contributed by atoms with Gasteiger partial charge < -0.3 is 10.2 Å². The molecule has 2 atom stereocenters. The molecule has 1 rings (SSSR count). The third-order valence-corrected chi connectivity index (χ3v) is 2.47. The molecule has 5 heteroatoms. The molecule has 0 aliphatic carbocycles. The minimum absolute atomic E-state index is 0.233. The Bertz CT molecular complexity index is 301. The SMILES string of the molecule is CC(C)Cn1cc(C(O)C(O)CS)cn1. The second kappa shape index (κ2) is 5.53. The summed E-state index contributed by atoms with van der Waals surface area (Å²) >= 11 is 3.93. The van der Waals surface area contributed by atoms with Gasteiger partial charge in [-0.3, -0.25) is 4.68 Å². The smallest absolute Gasteiger partial charge is 0.109 e. The average molecular weight is 230 g/mol. The Morgan fingerprint density at radius 3 is 2.67 bits per heavy atom. The molecule has 0 amide bonds. The molecule has 2 unspecified atom stereocenters. The highest BCUT2D eigenvalue weighted by atomic mass is 32.1. The van der Waals surface area contributed by atoms with Crippen LogP contribution in [0.1, 0.15) is 25.5 Å². The number of hydrogen-bond acceptors (Lipinski definition) is 4. The molecular formula is C10H18N2O2S. The molecule has 15 heavy (non-hydrogen) atoms. The van der Waals surface area contributed by atoms with Crippen LogP contribution in [0.25, 0.3) is 0 Å². The molecule has 0 saturated heterocycles. The topological polar surface area (TPSA) is 58.3 Å². The Morgan fingerprint density at radius 1 is 1.47 bits per heavy atom. The third-order valence-electron chi connectivity index (χ3n) is 2.10. The molecule has 0 bridgehead atoms. The van der Waals surface area contributed by atoms with E-state index in [2.05, 4.69) is 31.6 Å². The van der Waals surface area contributed by atoms with E-state index in [0.717, 1.165) is 6.54 Å². The van der Waals surface area contributed by atoms with Gasteiger partial charge in [-0.15, -0.1) is 0 Å². The molecule has 86 valence electrons. The van der Waals surface area contributed by atoms with Crippen molar-refractivity contribution in [2.24, 2.45) is 5.92 Å². The summed E-state index contributed by atoms with van der Waals surface area (Å²) in [4.78, 5) is 0. The molecular weight excluding hydrogens is 212 g/mol. The van der Waals surface area contributed by atoms with Crippen LogP contribution in [0.4, 0.5) is 0 Å². The highest BCUT2D eigenvalue weighted by Crippen LogP contribution is 2.17. The summed E-state index contributed by atoms with van der Waals surface area (Å²) in [6, 6.07) is 0. The second-order valence-corrected chi connectivity index (χ2v) is 4.45. The zero-order valence-electron chi connectivity index (χ0n) is 9.04. The Hall–Kier alpha value is -0.520. The van der Waals surface area contributed by atoms with Crippen LogP contribution < -0.4 is 0 Å². The van der Waals surface area contributed by atoms with Crippen molar-refractivity contribution < 1.29 is 10.2 Å². The van der Waals surface area contributed by atoms with Gasteiger partial charge in [0.2, 0.25) is 0 Å². The number of thiol groups is 1. The largest absolute Gasteiger partial charge is 0.389 e. The minimum atomic E-state index is -0.900. The van der Waals surface area contributed by atoms with Gasteiger partial charge in [0.15, 0.2) is 0 Å². The third kappa shape index (κ3) is 3.52. The van der Waals surface area contributed by atoms with E-state index < -0.39 is 12.2 Å². The predicted molar refractivity (Wildman–Crippen MR) is 61.9 cm³/mol. The van der Waals surface area contributed by atoms with Gasteiger partial charge in [-0.25, -0.2) is 0 Å². The van der Waals surface area contributed by atoms with Crippen LogP contribution in [0.5, 0.6) is 0 Å². The minimum Gasteiger partial charge on any atom is -0.389 e. The van der Waals surface area contributed by atoms with E-state index in [1.54, 1.807) is 17.1 Å². The molecule has 1 heterocycles. The van der Waals surface area contributed by atoms with Crippen molar-refractivity contribution in [3.63, 3.8) is 0 Å². The van der Waals surface area contributed by atoms with Crippen molar-refractivity contribution in [1.29, 1.82) is 0 Å². The highest BCUT2D eigenvalue weighted by molar-refractivity contribution is 7.80. The molecule has 4 nitrogen and oxygen atoms in total. The number of aliphatic hydroxyl groups excluding tert-OH is 2. The van der Waals surface area contributed by atoms with E-state index in [1.165, 1.54) is 0 Å². The zero-order chi connectivity index (χ0) is 11.4. The maximum absolute atomic E-state index is 9.68. The summed E-state index contributed by atoms with van der Waals surface area (Å²) in [5.41, 5.74) is 0.636. The normalized spacial score (nSPS) is 15.6. The monoisotopic (exact) mass is 230 g/mol. The van der Waals surface area contributed by atoms with Crippen LogP contribution in [-0.4, -0.2) is 31.9 Å². The van der Waals surface area contributed by atoms with Gasteiger partial charge in [-0.05, 0) is 5.92 Å². The number of rotatable bonds is 5. The van der Waals surface area contributed by atoms with Crippen molar-refractivity contribution in [2.75, 3.05) is 5.75 Å². The van der Waals surface area contributed by atoms with E-state index in [1.807, 2.05) is 0 Å². The maximum atomic E-state index is 9.68. The molecule has 0 saturated carbocycles. The summed E-state index contributed by atoms with van der Waals surface area (Å²) < 4.78 is 1.77. The molecule has 2 N–H and O–H groups in total. The van der Waals surface area contributed by atoms with Crippen LogP contribution >= 0.6 is 12.6 Å². The quantitative estimate of drug-likeness (QED) is 0.658. The lowest BCUT2D eigenvalue weighted by Gasteiger charge is -2.13. The summed E-state index contributed by atoms with van der Waals surface area (Å²) in [7, 11) is 0. The first-order chi connectivity index (χ1) is 7.04. The molecule has 0 radical (unpaired) electrons. The average Bonchev–Trinajstić information content (AvgIpc) is 2.63. The first-order valence-electron chi connectivity index (χ1n) is 5.04. The number of aliphatic hydroxyl groups is 2. The van der Waals surface area contributed by atoms with Crippen molar-refractivity contribution in [3.8, 4) is 0 Å². The van der Waals surface area contributed by atoms with Crippen LogP contribution in [0.15, 0.2) is 12.4 Å². The van der Waals surface area contributed by atoms with Gasteiger partial charge in [0.05, 0.1) is 12.3 Å². The van der Waals surface area contributed by atoms with Crippen molar-refractivity contribution in [2.45, 2.75) is 32.6 Å². The second-order valence-electron chi connectivity index (χ2n) is 4.08. The Morgan fingerprint density at radius 2 is 2.13 bits per heavy atom. The van der Waals surface area contributed by atoms with Crippen LogP contribution in [0, 0.1) is 5.92 Å². The van der Waals surface area contributed by atoms with Crippen LogP contribution in [0.2, 0.25) is 0 Å². The highest BCUT2D eigenvalue weighted by Gasteiger charge is 2.18. The summed E-state index contributed by atoms with van der Waals surface area (Å²) in [6.45, 7) is 5.00. The number of aromatic nitrogens is 2. The van der Waals surface area contributed by atoms with Gasteiger partial charge in [0.1, 0.15) is 6.10 Å². The number of hydrogen-bond donors (Lipinski definition) is 3. The van der Waals surface area contributed by atoms with E-state index >= 15 is 0 Å².